The predicted molar refractivity (Wildman–Crippen MR) is 122 cm³/mol. The van der Waals surface area contributed by atoms with Crippen molar-refractivity contribution < 1.29 is 24.5 Å². The van der Waals surface area contributed by atoms with Crippen LogP contribution in [0.5, 0.6) is 0 Å². The Hall–Kier alpha value is -1.47. The van der Waals surface area contributed by atoms with Crippen LogP contribution in [0.1, 0.15) is 69.8 Å². The average molecular weight is 446 g/mol. The highest BCUT2D eigenvalue weighted by Gasteiger charge is 2.55. The van der Waals surface area contributed by atoms with E-state index in [2.05, 4.69) is 24.3 Å². The highest BCUT2D eigenvalue weighted by atomic mass is 16.5. The van der Waals surface area contributed by atoms with Crippen LogP contribution in [0, 0.1) is 5.92 Å². The number of nitrogens with zero attached hydrogens (tertiary/aromatic N) is 1. The molecular formula is C26H39NO5. The number of benzene rings is 1. The highest BCUT2D eigenvalue weighted by molar-refractivity contribution is 5.76. The molecule has 0 saturated carbocycles. The number of rotatable bonds is 6. The minimum absolute atomic E-state index is 0.0525. The van der Waals surface area contributed by atoms with Crippen LogP contribution in [0.15, 0.2) is 30.3 Å². The number of carbonyl (C=O) groups is 1. The molecular weight excluding hydrogens is 406 g/mol. The SMILES string of the molecule is CN(C(=O)CC1CCOCC1)[C@H]1CC[C@@]2(CCO)C[C@H](c3ccccc3)C[C@](C)(O2)[C@@H]1O. The number of hydrogen-bond acceptors (Lipinski definition) is 5. The summed E-state index contributed by atoms with van der Waals surface area (Å²) in [6, 6.07) is 10.1. The zero-order valence-corrected chi connectivity index (χ0v) is 19.5. The maximum absolute atomic E-state index is 13.1. The molecule has 4 rings (SSSR count). The fourth-order valence-electron chi connectivity index (χ4n) is 6.27. The molecule has 1 amide bonds. The molecule has 178 valence electrons. The molecule has 2 N–H and O–H groups in total. The van der Waals surface area contributed by atoms with Crippen LogP contribution in [-0.4, -0.2) is 71.2 Å². The molecule has 3 aliphatic rings. The summed E-state index contributed by atoms with van der Waals surface area (Å²) < 4.78 is 12.1. The summed E-state index contributed by atoms with van der Waals surface area (Å²) in [5.74, 6) is 0.700. The zero-order valence-electron chi connectivity index (χ0n) is 19.5. The third-order valence-electron chi connectivity index (χ3n) is 8.14. The van der Waals surface area contributed by atoms with Gasteiger partial charge in [-0.25, -0.2) is 0 Å². The van der Waals surface area contributed by atoms with E-state index in [1.165, 1.54) is 5.56 Å². The molecule has 32 heavy (non-hydrogen) atoms. The van der Waals surface area contributed by atoms with E-state index >= 15 is 0 Å². The largest absolute Gasteiger partial charge is 0.396 e. The van der Waals surface area contributed by atoms with Crippen molar-refractivity contribution in [3.63, 3.8) is 0 Å². The first-order valence-corrected chi connectivity index (χ1v) is 12.2. The van der Waals surface area contributed by atoms with E-state index in [1.54, 1.807) is 4.90 Å². The van der Waals surface area contributed by atoms with E-state index in [9.17, 15) is 15.0 Å². The molecule has 0 spiro atoms. The van der Waals surface area contributed by atoms with Crippen molar-refractivity contribution >= 4 is 5.91 Å². The maximum atomic E-state index is 13.1. The van der Waals surface area contributed by atoms with Crippen molar-refractivity contribution in [2.24, 2.45) is 5.92 Å². The van der Waals surface area contributed by atoms with Crippen LogP contribution in [0.2, 0.25) is 0 Å². The maximum Gasteiger partial charge on any atom is 0.222 e. The van der Waals surface area contributed by atoms with Crippen LogP contribution < -0.4 is 0 Å². The highest BCUT2D eigenvalue weighted by Crippen LogP contribution is 2.51. The Labute approximate surface area is 191 Å². The number of fused-ring (bicyclic) bond motifs is 2. The topological polar surface area (TPSA) is 79.2 Å². The van der Waals surface area contributed by atoms with Crippen molar-refractivity contribution in [1.82, 2.24) is 4.90 Å². The van der Waals surface area contributed by atoms with Crippen molar-refractivity contribution in [3.8, 4) is 0 Å². The van der Waals surface area contributed by atoms with Crippen LogP contribution in [0.3, 0.4) is 0 Å². The van der Waals surface area contributed by atoms with Gasteiger partial charge in [0, 0.05) is 33.3 Å². The number of amides is 1. The zero-order chi connectivity index (χ0) is 22.8. The Morgan fingerprint density at radius 2 is 1.88 bits per heavy atom. The van der Waals surface area contributed by atoms with Crippen LogP contribution in [0.25, 0.3) is 0 Å². The first kappa shape index (κ1) is 23.7. The number of hydrogen-bond donors (Lipinski definition) is 2. The molecule has 3 saturated heterocycles. The van der Waals surface area contributed by atoms with Crippen molar-refractivity contribution in [2.45, 2.75) is 87.6 Å². The summed E-state index contributed by atoms with van der Waals surface area (Å²) in [4.78, 5) is 14.9. The smallest absolute Gasteiger partial charge is 0.222 e. The third kappa shape index (κ3) is 4.89. The Morgan fingerprint density at radius 3 is 2.56 bits per heavy atom. The Kier molecular flexibility index (Phi) is 7.25. The molecule has 3 fully saturated rings. The second-order valence-electron chi connectivity index (χ2n) is 10.4. The van der Waals surface area contributed by atoms with Gasteiger partial charge in [0.25, 0.3) is 0 Å². The molecule has 2 bridgehead atoms. The molecule has 6 heteroatoms. The van der Waals surface area contributed by atoms with E-state index in [4.69, 9.17) is 9.47 Å². The van der Waals surface area contributed by atoms with E-state index in [0.717, 1.165) is 38.9 Å². The van der Waals surface area contributed by atoms with Gasteiger partial charge >= 0.3 is 0 Å². The van der Waals surface area contributed by atoms with Gasteiger partial charge in [0.15, 0.2) is 0 Å². The normalized spacial score (nSPS) is 35.8. The summed E-state index contributed by atoms with van der Waals surface area (Å²) in [6.07, 6.45) is 5.05. The summed E-state index contributed by atoms with van der Waals surface area (Å²) in [7, 11) is 1.83. The predicted octanol–water partition coefficient (Wildman–Crippen LogP) is 3.26. The van der Waals surface area contributed by atoms with Crippen LogP contribution in [-0.2, 0) is 14.3 Å². The van der Waals surface area contributed by atoms with E-state index in [-0.39, 0.29) is 24.5 Å². The quantitative estimate of drug-likeness (QED) is 0.703. The van der Waals surface area contributed by atoms with Gasteiger partial charge in [-0.3, -0.25) is 4.79 Å². The lowest BCUT2D eigenvalue weighted by Crippen LogP contribution is -2.58. The first-order valence-electron chi connectivity index (χ1n) is 12.2. The van der Waals surface area contributed by atoms with Crippen molar-refractivity contribution in [3.05, 3.63) is 35.9 Å². The van der Waals surface area contributed by atoms with Gasteiger partial charge in [0.2, 0.25) is 5.91 Å². The average Bonchev–Trinajstić information content (AvgIpc) is 2.87. The molecule has 0 aromatic heterocycles. The van der Waals surface area contributed by atoms with Gasteiger partial charge in [-0.1, -0.05) is 30.3 Å². The second-order valence-corrected chi connectivity index (χ2v) is 10.4. The summed E-state index contributed by atoms with van der Waals surface area (Å²) >= 11 is 0. The third-order valence-corrected chi connectivity index (χ3v) is 8.14. The Bertz CT molecular complexity index is 767. The standard InChI is InChI=1S/C26H39NO5/c1-25-17-21(20-6-4-3-5-7-20)18-26(32-25,12-13-28)11-8-22(24(25)30)27(2)23(29)16-19-9-14-31-15-10-19/h3-7,19,21-22,24,28,30H,8-18H2,1-2H3/t21-,22+,24-,25+,26-/m1/s1. The molecule has 6 nitrogen and oxygen atoms in total. The van der Waals surface area contributed by atoms with Gasteiger partial charge in [-0.2, -0.15) is 0 Å². The lowest BCUT2D eigenvalue weighted by atomic mass is 9.73. The van der Waals surface area contributed by atoms with E-state index in [1.807, 2.05) is 20.0 Å². The van der Waals surface area contributed by atoms with E-state index in [0.29, 0.717) is 31.6 Å². The fraction of sp³-hybridized carbons (Fsp3) is 0.731. The van der Waals surface area contributed by atoms with Gasteiger partial charge < -0.3 is 24.6 Å². The molecule has 0 aliphatic carbocycles. The minimum atomic E-state index is -0.779. The summed E-state index contributed by atoms with van der Waals surface area (Å²) in [6.45, 7) is 3.50. The number of likely N-dealkylation sites (N-methyl/N-ethyl adjacent to an activating group) is 1. The molecule has 1 aromatic rings. The number of aliphatic hydroxyl groups excluding tert-OH is 2. The minimum Gasteiger partial charge on any atom is -0.396 e. The first-order chi connectivity index (χ1) is 15.4. The molecule has 5 atom stereocenters. The molecule has 3 heterocycles. The van der Waals surface area contributed by atoms with Gasteiger partial charge in [0.05, 0.1) is 17.2 Å². The van der Waals surface area contributed by atoms with Gasteiger partial charge in [-0.05, 0) is 69.3 Å². The molecule has 1 aromatic carbocycles. The van der Waals surface area contributed by atoms with E-state index < -0.39 is 17.3 Å². The van der Waals surface area contributed by atoms with Gasteiger partial charge in [-0.15, -0.1) is 0 Å². The monoisotopic (exact) mass is 445 g/mol. The Morgan fingerprint density at radius 1 is 1.16 bits per heavy atom. The number of aliphatic hydroxyl groups is 2. The fourth-order valence-corrected chi connectivity index (χ4v) is 6.27. The van der Waals surface area contributed by atoms with Crippen molar-refractivity contribution in [2.75, 3.05) is 26.9 Å². The molecule has 0 unspecified atom stereocenters. The van der Waals surface area contributed by atoms with Crippen molar-refractivity contribution in [1.29, 1.82) is 0 Å². The van der Waals surface area contributed by atoms with Crippen LogP contribution in [0.4, 0.5) is 0 Å². The Balaban J connectivity index is 1.56. The summed E-state index contributed by atoms with van der Waals surface area (Å²) in [5.41, 5.74) is -0.0100. The summed E-state index contributed by atoms with van der Waals surface area (Å²) in [5, 5.41) is 21.4. The number of carbonyl (C=O) groups excluding carboxylic acids is 1. The van der Waals surface area contributed by atoms with Crippen LogP contribution >= 0.6 is 0 Å². The molecule has 0 radical (unpaired) electrons. The number of ether oxygens (including phenoxy) is 2. The molecule has 3 aliphatic heterocycles. The lowest BCUT2D eigenvalue weighted by molar-refractivity contribution is -0.226. The lowest BCUT2D eigenvalue weighted by Gasteiger charge is -2.50. The van der Waals surface area contributed by atoms with Gasteiger partial charge in [0.1, 0.15) is 6.10 Å². The second kappa shape index (κ2) is 9.80.